The lowest BCUT2D eigenvalue weighted by molar-refractivity contribution is 0.0942. The molecule has 0 unspecified atom stereocenters. The van der Waals surface area contributed by atoms with Crippen LogP contribution in [-0.4, -0.2) is 43.7 Å². The van der Waals surface area contributed by atoms with Crippen molar-refractivity contribution in [2.45, 2.75) is 31.4 Å². The summed E-state index contributed by atoms with van der Waals surface area (Å²) >= 11 is 0. The summed E-state index contributed by atoms with van der Waals surface area (Å²) in [5, 5.41) is 2.86. The topological polar surface area (TPSA) is 63.9 Å². The molecule has 1 aliphatic rings. The number of nitrogens with zero attached hydrogens (tertiary/aromatic N) is 1. The van der Waals surface area contributed by atoms with Gasteiger partial charge in [0.05, 0.1) is 19.9 Å². The second-order valence-electron chi connectivity index (χ2n) is 9.62. The van der Waals surface area contributed by atoms with Crippen molar-refractivity contribution in [1.29, 1.82) is 0 Å². The molecule has 0 atom stereocenters. The number of rotatable bonds is 10. The van der Waals surface area contributed by atoms with E-state index in [9.17, 15) is 4.79 Å². The maximum atomic E-state index is 12.6. The Hall–Kier alpha value is -4.03. The zero-order chi connectivity index (χ0) is 26.2. The largest absolute Gasteiger partial charge is 0.493 e. The van der Waals surface area contributed by atoms with Gasteiger partial charge in [0.2, 0.25) is 0 Å². The standard InChI is InChI=1S/C32H34N2O4/c1-36-31-21-26(32(35)33-22-28-13-8-20-37-28)14-15-30(31)38-27-16-18-34(19-17-27)23-29(24-9-4-2-5-10-24)25-11-6-3-7-12-25/h2-15,20-21,27,29H,16-19,22-23H2,1H3,(H,33,35). The van der Waals surface area contributed by atoms with Gasteiger partial charge in [-0.3, -0.25) is 4.79 Å². The average molecular weight is 511 g/mol. The van der Waals surface area contributed by atoms with Crippen LogP contribution in [0.15, 0.2) is 102 Å². The number of benzene rings is 3. The second-order valence-corrected chi connectivity index (χ2v) is 9.62. The molecule has 3 aromatic carbocycles. The maximum Gasteiger partial charge on any atom is 0.251 e. The van der Waals surface area contributed by atoms with Crippen molar-refractivity contribution >= 4 is 5.91 Å². The van der Waals surface area contributed by atoms with Crippen LogP contribution in [0.2, 0.25) is 0 Å². The summed E-state index contributed by atoms with van der Waals surface area (Å²) in [5.41, 5.74) is 3.20. The number of ether oxygens (including phenoxy) is 2. The predicted octanol–water partition coefficient (Wildman–Crippen LogP) is 5.89. The summed E-state index contributed by atoms with van der Waals surface area (Å²) in [4.78, 5) is 15.1. The van der Waals surface area contributed by atoms with Crippen LogP contribution in [0.25, 0.3) is 0 Å². The number of carbonyl (C=O) groups is 1. The highest BCUT2D eigenvalue weighted by atomic mass is 16.5. The number of carbonyl (C=O) groups excluding carboxylic acids is 1. The van der Waals surface area contributed by atoms with E-state index in [2.05, 4.69) is 70.9 Å². The first-order valence-corrected chi connectivity index (χ1v) is 13.2. The van der Waals surface area contributed by atoms with Crippen LogP contribution < -0.4 is 14.8 Å². The molecule has 6 heteroatoms. The Bertz CT molecular complexity index is 1240. The summed E-state index contributed by atoms with van der Waals surface area (Å²) < 4.78 is 17.2. The summed E-state index contributed by atoms with van der Waals surface area (Å²) in [7, 11) is 1.60. The number of methoxy groups -OCH3 is 1. The first kappa shape index (κ1) is 25.6. The van der Waals surface area contributed by atoms with Crippen LogP contribution in [0.5, 0.6) is 11.5 Å². The smallest absolute Gasteiger partial charge is 0.251 e. The molecule has 1 aliphatic heterocycles. The van der Waals surface area contributed by atoms with Gasteiger partial charge in [0.25, 0.3) is 5.91 Å². The van der Waals surface area contributed by atoms with Crippen LogP contribution in [0.4, 0.5) is 0 Å². The number of piperidine rings is 1. The third-order valence-electron chi connectivity index (χ3n) is 7.10. The van der Waals surface area contributed by atoms with Gasteiger partial charge in [0.15, 0.2) is 11.5 Å². The lowest BCUT2D eigenvalue weighted by atomic mass is 9.90. The summed E-state index contributed by atoms with van der Waals surface area (Å²) in [5.74, 6) is 2.08. The lowest BCUT2D eigenvalue weighted by Gasteiger charge is -2.35. The Morgan fingerprint density at radius 2 is 1.61 bits per heavy atom. The minimum absolute atomic E-state index is 0.102. The fraction of sp³-hybridized carbons (Fsp3) is 0.281. The quantitative estimate of drug-likeness (QED) is 0.288. The fourth-order valence-electron chi connectivity index (χ4n) is 5.01. The summed E-state index contributed by atoms with van der Waals surface area (Å²) in [6.07, 6.45) is 3.56. The van der Waals surface area contributed by atoms with Gasteiger partial charge in [-0.15, -0.1) is 0 Å². The molecule has 2 heterocycles. The third-order valence-corrected chi connectivity index (χ3v) is 7.10. The first-order chi connectivity index (χ1) is 18.7. The Kier molecular flexibility index (Phi) is 8.41. The molecule has 1 fully saturated rings. The minimum atomic E-state index is -0.189. The highest BCUT2D eigenvalue weighted by Gasteiger charge is 2.25. The number of likely N-dealkylation sites (tertiary alicyclic amines) is 1. The van der Waals surface area contributed by atoms with Gasteiger partial charge in [-0.1, -0.05) is 60.7 Å². The molecule has 38 heavy (non-hydrogen) atoms. The van der Waals surface area contributed by atoms with Crippen molar-refractivity contribution in [3.05, 3.63) is 120 Å². The van der Waals surface area contributed by atoms with Gasteiger partial charge in [0.1, 0.15) is 11.9 Å². The highest BCUT2D eigenvalue weighted by molar-refractivity contribution is 5.94. The minimum Gasteiger partial charge on any atom is -0.493 e. The molecule has 6 nitrogen and oxygen atoms in total. The Morgan fingerprint density at radius 3 is 2.21 bits per heavy atom. The van der Waals surface area contributed by atoms with E-state index in [1.165, 1.54) is 11.1 Å². The van der Waals surface area contributed by atoms with Crippen LogP contribution in [0.1, 0.15) is 46.0 Å². The van der Waals surface area contributed by atoms with Gasteiger partial charge in [-0.2, -0.15) is 0 Å². The molecule has 0 radical (unpaired) electrons. The number of furan rings is 1. The zero-order valence-electron chi connectivity index (χ0n) is 21.7. The number of nitrogens with one attached hydrogen (secondary N) is 1. The predicted molar refractivity (Wildman–Crippen MR) is 148 cm³/mol. The fourth-order valence-corrected chi connectivity index (χ4v) is 5.01. The van der Waals surface area contributed by atoms with Crippen molar-refractivity contribution in [3.63, 3.8) is 0 Å². The maximum absolute atomic E-state index is 12.6. The molecular weight excluding hydrogens is 476 g/mol. The Balaban J connectivity index is 1.17. The Labute approximate surface area is 224 Å². The van der Waals surface area contributed by atoms with Crippen molar-refractivity contribution < 1.29 is 18.7 Å². The highest BCUT2D eigenvalue weighted by Crippen LogP contribution is 2.32. The van der Waals surface area contributed by atoms with E-state index >= 15 is 0 Å². The molecule has 1 aromatic heterocycles. The van der Waals surface area contributed by atoms with Crippen molar-refractivity contribution in [1.82, 2.24) is 10.2 Å². The summed E-state index contributed by atoms with van der Waals surface area (Å²) in [6, 6.07) is 30.5. The van der Waals surface area contributed by atoms with E-state index < -0.39 is 0 Å². The van der Waals surface area contributed by atoms with Gasteiger partial charge < -0.3 is 24.1 Å². The molecule has 1 amide bonds. The number of hydrogen-bond donors (Lipinski definition) is 1. The van der Waals surface area contributed by atoms with Gasteiger partial charge in [-0.05, 0) is 54.3 Å². The molecule has 1 N–H and O–H groups in total. The monoisotopic (exact) mass is 510 g/mol. The number of amides is 1. The van der Waals surface area contributed by atoms with Crippen LogP contribution in [-0.2, 0) is 6.54 Å². The van der Waals surface area contributed by atoms with E-state index in [1.807, 2.05) is 12.1 Å². The molecular formula is C32H34N2O4. The van der Waals surface area contributed by atoms with E-state index in [1.54, 1.807) is 31.6 Å². The van der Waals surface area contributed by atoms with Gasteiger partial charge >= 0.3 is 0 Å². The molecule has 5 rings (SSSR count). The Morgan fingerprint density at radius 1 is 0.921 bits per heavy atom. The van der Waals surface area contributed by atoms with E-state index in [4.69, 9.17) is 13.9 Å². The lowest BCUT2D eigenvalue weighted by Crippen LogP contribution is -2.40. The van der Waals surface area contributed by atoms with Gasteiger partial charge in [0, 0.05) is 31.1 Å². The van der Waals surface area contributed by atoms with Crippen LogP contribution in [0, 0.1) is 0 Å². The van der Waals surface area contributed by atoms with Crippen LogP contribution >= 0.6 is 0 Å². The third kappa shape index (κ3) is 6.45. The SMILES string of the molecule is COc1cc(C(=O)NCc2ccco2)ccc1OC1CCN(CC(c2ccccc2)c2ccccc2)CC1. The van der Waals surface area contributed by atoms with Crippen molar-refractivity contribution in [3.8, 4) is 11.5 Å². The molecule has 1 saturated heterocycles. The normalized spacial score (nSPS) is 14.4. The van der Waals surface area contributed by atoms with E-state index in [0.717, 1.165) is 32.5 Å². The zero-order valence-corrected chi connectivity index (χ0v) is 21.7. The molecule has 0 spiro atoms. The van der Waals surface area contributed by atoms with Crippen molar-refractivity contribution in [2.75, 3.05) is 26.7 Å². The van der Waals surface area contributed by atoms with E-state index in [0.29, 0.717) is 35.3 Å². The molecule has 196 valence electrons. The molecule has 0 aliphatic carbocycles. The molecule has 0 saturated carbocycles. The number of hydrogen-bond acceptors (Lipinski definition) is 5. The second kappa shape index (κ2) is 12.5. The van der Waals surface area contributed by atoms with Crippen molar-refractivity contribution in [2.24, 2.45) is 0 Å². The summed E-state index contributed by atoms with van der Waals surface area (Å²) in [6.45, 7) is 3.25. The average Bonchev–Trinajstić information content (AvgIpc) is 3.50. The molecule has 4 aromatic rings. The molecule has 0 bridgehead atoms. The van der Waals surface area contributed by atoms with Crippen LogP contribution in [0.3, 0.4) is 0 Å². The first-order valence-electron chi connectivity index (χ1n) is 13.2. The van der Waals surface area contributed by atoms with E-state index in [-0.39, 0.29) is 12.0 Å². The van der Waals surface area contributed by atoms with Gasteiger partial charge in [-0.25, -0.2) is 0 Å².